The van der Waals surface area contributed by atoms with Crippen LogP contribution in [-0.4, -0.2) is 37.0 Å². The van der Waals surface area contributed by atoms with Crippen LogP contribution in [0.3, 0.4) is 0 Å². The van der Waals surface area contributed by atoms with E-state index in [0.717, 1.165) is 45.4 Å². The molecule has 1 fully saturated rings. The first kappa shape index (κ1) is 13.5. The van der Waals surface area contributed by atoms with Crippen LogP contribution in [0.2, 0.25) is 0 Å². The summed E-state index contributed by atoms with van der Waals surface area (Å²) in [6.07, 6.45) is 3.33. The lowest BCUT2D eigenvalue weighted by atomic mass is 9.91. The molecule has 0 aromatic carbocycles. The van der Waals surface area contributed by atoms with E-state index in [1.165, 1.54) is 0 Å². The van der Waals surface area contributed by atoms with Crippen molar-refractivity contribution in [2.75, 3.05) is 26.2 Å². The van der Waals surface area contributed by atoms with Crippen LogP contribution in [-0.2, 0) is 4.79 Å². The van der Waals surface area contributed by atoms with Gasteiger partial charge < -0.3 is 10.2 Å². The highest BCUT2D eigenvalue weighted by atomic mass is 16.2. The lowest BCUT2D eigenvalue weighted by Gasteiger charge is -2.31. The lowest BCUT2D eigenvalue weighted by Crippen LogP contribution is -2.45. The fourth-order valence-electron chi connectivity index (χ4n) is 2.38. The van der Waals surface area contributed by atoms with E-state index in [2.05, 4.69) is 26.1 Å². The molecule has 3 heteroatoms. The number of amides is 1. The molecule has 2 atom stereocenters. The largest absolute Gasteiger partial charge is 0.343 e. The van der Waals surface area contributed by atoms with Crippen molar-refractivity contribution in [1.82, 2.24) is 10.2 Å². The van der Waals surface area contributed by atoms with Gasteiger partial charge in [0.1, 0.15) is 0 Å². The average Bonchev–Trinajstić information content (AvgIpc) is 2.29. The zero-order valence-electron chi connectivity index (χ0n) is 11.0. The molecule has 0 spiro atoms. The predicted octanol–water partition coefficient (Wildman–Crippen LogP) is 1.88. The molecule has 1 amide bonds. The average molecular weight is 226 g/mol. The van der Waals surface area contributed by atoms with E-state index in [9.17, 15) is 4.79 Å². The zero-order chi connectivity index (χ0) is 12.0. The number of unbranched alkanes of at least 4 members (excludes halogenated alkanes) is 1. The van der Waals surface area contributed by atoms with Gasteiger partial charge in [-0.3, -0.25) is 4.79 Å². The minimum atomic E-state index is 0.209. The van der Waals surface area contributed by atoms with Crippen molar-refractivity contribution < 1.29 is 4.79 Å². The summed E-state index contributed by atoms with van der Waals surface area (Å²) in [7, 11) is 0. The quantitative estimate of drug-likeness (QED) is 0.776. The van der Waals surface area contributed by atoms with E-state index >= 15 is 0 Å². The topological polar surface area (TPSA) is 32.3 Å². The van der Waals surface area contributed by atoms with Gasteiger partial charge in [-0.2, -0.15) is 0 Å². The molecule has 1 heterocycles. The number of nitrogens with zero attached hydrogens (tertiary/aromatic N) is 1. The summed E-state index contributed by atoms with van der Waals surface area (Å²) in [5.41, 5.74) is 0. The van der Waals surface area contributed by atoms with Gasteiger partial charge in [0, 0.05) is 19.6 Å². The summed E-state index contributed by atoms with van der Waals surface area (Å²) in [6, 6.07) is 0. The van der Waals surface area contributed by atoms with Gasteiger partial charge in [0.15, 0.2) is 0 Å². The van der Waals surface area contributed by atoms with Gasteiger partial charge in [-0.05, 0) is 32.2 Å². The Morgan fingerprint density at radius 1 is 1.38 bits per heavy atom. The van der Waals surface area contributed by atoms with E-state index in [0.29, 0.717) is 11.8 Å². The van der Waals surface area contributed by atoms with Gasteiger partial charge >= 0.3 is 0 Å². The van der Waals surface area contributed by atoms with E-state index < -0.39 is 0 Å². The SMILES string of the molecule is CCCCN(CC)C(=O)C1CNCC(C)C1. The molecule has 1 aliphatic rings. The normalized spacial score (nSPS) is 25.4. The van der Waals surface area contributed by atoms with Crippen LogP contribution in [0.4, 0.5) is 0 Å². The molecule has 0 aliphatic carbocycles. The molecule has 1 aliphatic heterocycles. The standard InChI is InChI=1S/C13H26N2O/c1-4-6-7-15(5-2)13(16)12-8-11(3)9-14-10-12/h11-12,14H,4-10H2,1-3H3. The van der Waals surface area contributed by atoms with Gasteiger partial charge in [0.25, 0.3) is 0 Å². The minimum Gasteiger partial charge on any atom is -0.343 e. The number of hydrogen-bond donors (Lipinski definition) is 1. The second kappa shape index (κ2) is 6.89. The Balaban J connectivity index is 2.46. The summed E-state index contributed by atoms with van der Waals surface area (Å²) in [6.45, 7) is 10.2. The summed E-state index contributed by atoms with van der Waals surface area (Å²) in [5.74, 6) is 1.20. The first-order valence-corrected chi connectivity index (χ1v) is 6.68. The van der Waals surface area contributed by atoms with Crippen molar-refractivity contribution in [3.8, 4) is 0 Å². The van der Waals surface area contributed by atoms with Crippen LogP contribution in [0.15, 0.2) is 0 Å². The van der Waals surface area contributed by atoms with Crippen molar-refractivity contribution in [2.45, 2.75) is 40.0 Å². The molecule has 2 unspecified atom stereocenters. The Morgan fingerprint density at radius 3 is 2.69 bits per heavy atom. The highest BCUT2D eigenvalue weighted by molar-refractivity contribution is 5.79. The van der Waals surface area contributed by atoms with Crippen LogP contribution in [0.25, 0.3) is 0 Å². The Hall–Kier alpha value is -0.570. The molecule has 0 bridgehead atoms. The van der Waals surface area contributed by atoms with Crippen molar-refractivity contribution in [1.29, 1.82) is 0 Å². The van der Waals surface area contributed by atoms with E-state index in [1.54, 1.807) is 0 Å². The maximum absolute atomic E-state index is 12.3. The van der Waals surface area contributed by atoms with Crippen molar-refractivity contribution in [3.05, 3.63) is 0 Å². The van der Waals surface area contributed by atoms with Crippen molar-refractivity contribution in [2.24, 2.45) is 11.8 Å². The first-order valence-electron chi connectivity index (χ1n) is 6.68. The number of hydrogen-bond acceptors (Lipinski definition) is 2. The maximum Gasteiger partial charge on any atom is 0.226 e. The second-order valence-corrected chi connectivity index (χ2v) is 4.97. The van der Waals surface area contributed by atoms with Crippen molar-refractivity contribution >= 4 is 5.91 Å². The fraction of sp³-hybridized carbons (Fsp3) is 0.923. The molecule has 94 valence electrons. The highest BCUT2D eigenvalue weighted by Gasteiger charge is 2.27. The monoisotopic (exact) mass is 226 g/mol. The van der Waals surface area contributed by atoms with Crippen LogP contribution < -0.4 is 5.32 Å². The summed E-state index contributed by atoms with van der Waals surface area (Å²) in [5, 5.41) is 3.35. The number of piperidine rings is 1. The van der Waals surface area contributed by atoms with E-state index in [4.69, 9.17) is 0 Å². The van der Waals surface area contributed by atoms with Crippen LogP contribution >= 0.6 is 0 Å². The summed E-state index contributed by atoms with van der Waals surface area (Å²) >= 11 is 0. The van der Waals surface area contributed by atoms with Gasteiger partial charge in [-0.25, -0.2) is 0 Å². The van der Waals surface area contributed by atoms with Gasteiger partial charge in [0.05, 0.1) is 5.92 Å². The molecular weight excluding hydrogens is 200 g/mol. The van der Waals surface area contributed by atoms with Crippen molar-refractivity contribution in [3.63, 3.8) is 0 Å². The first-order chi connectivity index (χ1) is 7.69. The molecule has 1 rings (SSSR count). The van der Waals surface area contributed by atoms with E-state index in [-0.39, 0.29) is 5.92 Å². The molecule has 1 N–H and O–H groups in total. The second-order valence-electron chi connectivity index (χ2n) is 4.97. The minimum absolute atomic E-state index is 0.209. The molecule has 0 aromatic heterocycles. The Bertz CT molecular complexity index is 218. The van der Waals surface area contributed by atoms with E-state index in [1.807, 2.05) is 4.90 Å². The van der Waals surface area contributed by atoms with Gasteiger partial charge in [-0.15, -0.1) is 0 Å². The molecule has 16 heavy (non-hydrogen) atoms. The fourth-order valence-corrected chi connectivity index (χ4v) is 2.38. The predicted molar refractivity (Wildman–Crippen MR) is 67.3 cm³/mol. The molecule has 3 nitrogen and oxygen atoms in total. The molecule has 0 radical (unpaired) electrons. The van der Waals surface area contributed by atoms with Crippen LogP contribution in [0.1, 0.15) is 40.0 Å². The number of rotatable bonds is 5. The van der Waals surface area contributed by atoms with Crippen LogP contribution in [0.5, 0.6) is 0 Å². The van der Waals surface area contributed by atoms with Gasteiger partial charge in [0.2, 0.25) is 5.91 Å². The number of carbonyl (C=O) groups is 1. The summed E-state index contributed by atoms with van der Waals surface area (Å²) in [4.78, 5) is 14.3. The third kappa shape index (κ3) is 3.78. The summed E-state index contributed by atoms with van der Waals surface area (Å²) < 4.78 is 0. The zero-order valence-corrected chi connectivity index (χ0v) is 11.0. The lowest BCUT2D eigenvalue weighted by molar-refractivity contribution is -0.136. The maximum atomic E-state index is 12.3. The van der Waals surface area contributed by atoms with Gasteiger partial charge in [-0.1, -0.05) is 20.3 Å². The highest BCUT2D eigenvalue weighted by Crippen LogP contribution is 2.18. The number of carbonyl (C=O) groups excluding carboxylic acids is 1. The third-order valence-electron chi connectivity index (χ3n) is 3.39. The molecule has 0 saturated carbocycles. The smallest absolute Gasteiger partial charge is 0.226 e. The Labute approximate surface area is 99.6 Å². The Morgan fingerprint density at radius 2 is 2.12 bits per heavy atom. The van der Waals surface area contributed by atoms with Crippen LogP contribution in [0, 0.1) is 11.8 Å². The molecule has 0 aromatic rings. The molecular formula is C13H26N2O. The Kier molecular flexibility index (Phi) is 5.81. The third-order valence-corrected chi connectivity index (χ3v) is 3.39. The molecule has 1 saturated heterocycles. The number of nitrogens with one attached hydrogen (secondary N) is 1.